The first-order valence-electron chi connectivity index (χ1n) is 5.78. The maximum Gasteiger partial charge on any atom is 0.149 e. The minimum atomic E-state index is -0.204. The third-order valence-electron chi connectivity index (χ3n) is 1.88. The van der Waals surface area contributed by atoms with Crippen molar-refractivity contribution in [3.8, 4) is 0 Å². The van der Waals surface area contributed by atoms with Crippen LogP contribution < -0.4 is 0 Å². The maximum absolute atomic E-state index is 13.3. The molecule has 90 valence electrons. The van der Waals surface area contributed by atoms with Crippen molar-refractivity contribution >= 4 is 5.52 Å². The van der Waals surface area contributed by atoms with Gasteiger partial charge in [0.1, 0.15) is 11.3 Å². The molecule has 0 N–H and O–H groups in total. The lowest BCUT2D eigenvalue weighted by Gasteiger charge is -1.97. The Morgan fingerprint density at radius 3 is 2.25 bits per heavy atom. The number of rotatable bonds is 0. The molecule has 16 heavy (non-hydrogen) atoms. The molecule has 0 aliphatic heterocycles. The summed E-state index contributed by atoms with van der Waals surface area (Å²) >= 11 is 0. The number of aromatic nitrogens is 2. The van der Waals surface area contributed by atoms with Gasteiger partial charge < -0.3 is 0 Å². The van der Waals surface area contributed by atoms with Crippen LogP contribution in [-0.4, -0.2) is 9.61 Å². The summed E-state index contributed by atoms with van der Waals surface area (Å²) in [6.07, 6.45) is 3.48. The molecule has 0 atom stereocenters. The number of fused-ring (bicyclic) bond motifs is 1. The number of hydrogen-bond acceptors (Lipinski definition) is 1. The number of halogens is 1. The molecule has 0 radical (unpaired) electrons. The van der Waals surface area contributed by atoms with Crippen molar-refractivity contribution in [3.05, 3.63) is 35.4 Å². The Hall–Kier alpha value is -1.38. The van der Waals surface area contributed by atoms with E-state index in [2.05, 4.69) is 5.10 Å². The SMILES string of the molecule is CC.CC.Cc1cc(F)c2c(C)cnn2c1. The summed E-state index contributed by atoms with van der Waals surface area (Å²) in [5.74, 6) is -0.204. The van der Waals surface area contributed by atoms with Crippen LogP contribution in [0.3, 0.4) is 0 Å². The lowest BCUT2D eigenvalue weighted by atomic mass is 10.2. The zero-order valence-corrected chi connectivity index (χ0v) is 11.0. The summed E-state index contributed by atoms with van der Waals surface area (Å²) in [5.41, 5.74) is 2.32. The fourth-order valence-electron chi connectivity index (χ4n) is 1.34. The van der Waals surface area contributed by atoms with Gasteiger partial charge in [0.25, 0.3) is 0 Å². The molecule has 0 aliphatic carbocycles. The average Bonchev–Trinajstić information content (AvgIpc) is 2.66. The fourth-order valence-corrected chi connectivity index (χ4v) is 1.34. The Morgan fingerprint density at radius 1 is 1.12 bits per heavy atom. The van der Waals surface area contributed by atoms with Gasteiger partial charge >= 0.3 is 0 Å². The van der Waals surface area contributed by atoms with Crippen LogP contribution in [0.4, 0.5) is 4.39 Å². The molecule has 0 fully saturated rings. The van der Waals surface area contributed by atoms with Gasteiger partial charge in [0.15, 0.2) is 0 Å². The molecular weight excluding hydrogens is 203 g/mol. The van der Waals surface area contributed by atoms with Crippen molar-refractivity contribution in [2.24, 2.45) is 0 Å². The molecule has 0 aliphatic rings. The lowest BCUT2D eigenvalue weighted by Crippen LogP contribution is -1.91. The number of pyridine rings is 1. The Bertz CT molecular complexity index is 433. The van der Waals surface area contributed by atoms with E-state index in [0.717, 1.165) is 11.1 Å². The summed E-state index contributed by atoms with van der Waals surface area (Å²) < 4.78 is 14.8. The third-order valence-corrected chi connectivity index (χ3v) is 1.88. The first-order chi connectivity index (χ1) is 7.68. The maximum atomic E-state index is 13.3. The molecule has 2 heterocycles. The van der Waals surface area contributed by atoms with Crippen LogP contribution in [0.2, 0.25) is 0 Å². The van der Waals surface area contributed by atoms with Crippen LogP contribution in [0.5, 0.6) is 0 Å². The second-order valence-electron chi connectivity index (χ2n) is 2.99. The van der Waals surface area contributed by atoms with Crippen molar-refractivity contribution in [3.63, 3.8) is 0 Å². The smallest absolute Gasteiger partial charge is 0.149 e. The van der Waals surface area contributed by atoms with Crippen molar-refractivity contribution in [1.82, 2.24) is 9.61 Å². The van der Waals surface area contributed by atoms with Crippen LogP contribution in [0.1, 0.15) is 38.8 Å². The summed E-state index contributed by atoms with van der Waals surface area (Å²) in [4.78, 5) is 0. The number of hydrogen-bond donors (Lipinski definition) is 0. The van der Waals surface area contributed by atoms with Crippen LogP contribution in [0.15, 0.2) is 18.5 Å². The van der Waals surface area contributed by atoms with Crippen molar-refractivity contribution in [1.29, 1.82) is 0 Å². The van der Waals surface area contributed by atoms with E-state index in [9.17, 15) is 4.39 Å². The van der Waals surface area contributed by atoms with Gasteiger partial charge in [-0.25, -0.2) is 8.91 Å². The van der Waals surface area contributed by atoms with Gasteiger partial charge in [-0.05, 0) is 31.0 Å². The first-order valence-corrected chi connectivity index (χ1v) is 5.78. The van der Waals surface area contributed by atoms with Gasteiger partial charge in [-0.1, -0.05) is 27.7 Å². The van der Waals surface area contributed by atoms with Crippen molar-refractivity contribution in [2.75, 3.05) is 0 Å². The van der Waals surface area contributed by atoms with Gasteiger partial charge in [-0.3, -0.25) is 0 Å². The van der Waals surface area contributed by atoms with E-state index in [4.69, 9.17) is 0 Å². The molecule has 0 aromatic carbocycles. The normalized spacial score (nSPS) is 8.94. The zero-order chi connectivity index (χ0) is 12.7. The Morgan fingerprint density at radius 2 is 1.69 bits per heavy atom. The predicted molar refractivity (Wildman–Crippen MR) is 67.3 cm³/mol. The van der Waals surface area contributed by atoms with E-state index < -0.39 is 0 Å². The van der Waals surface area contributed by atoms with E-state index in [1.807, 2.05) is 47.7 Å². The van der Waals surface area contributed by atoms with Crippen molar-refractivity contribution in [2.45, 2.75) is 41.5 Å². The molecule has 2 aromatic heterocycles. The van der Waals surface area contributed by atoms with Gasteiger partial charge in [-0.15, -0.1) is 0 Å². The molecule has 0 saturated carbocycles. The highest BCUT2D eigenvalue weighted by atomic mass is 19.1. The number of aryl methyl sites for hydroxylation is 2. The van der Waals surface area contributed by atoms with E-state index in [0.29, 0.717) is 5.52 Å². The first kappa shape index (κ1) is 14.6. The summed E-state index contributed by atoms with van der Waals surface area (Å²) in [6.45, 7) is 11.7. The van der Waals surface area contributed by atoms with E-state index in [1.54, 1.807) is 10.7 Å². The zero-order valence-electron chi connectivity index (χ0n) is 11.0. The van der Waals surface area contributed by atoms with E-state index in [-0.39, 0.29) is 5.82 Å². The molecule has 3 heteroatoms. The van der Waals surface area contributed by atoms with Crippen molar-refractivity contribution < 1.29 is 4.39 Å². The average molecular weight is 224 g/mol. The summed E-state index contributed by atoms with van der Waals surface area (Å²) in [7, 11) is 0. The summed E-state index contributed by atoms with van der Waals surface area (Å²) in [5, 5.41) is 4.02. The van der Waals surface area contributed by atoms with E-state index >= 15 is 0 Å². The molecule has 2 nitrogen and oxygen atoms in total. The molecule has 0 bridgehead atoms. The Labute approximate surface area is 97.1 Å². The van der Waals surface area contributed by atoms with Gasteiger partial charge in [-0.2, -0.15) is 5.10 Å². The van der Waals surface area contributed by atoms with Gasteiger partial charge in [0.2, 0.25) is 0 Å². The predicted octanol–water partition coefficient (Wildman–Crippen LogP) is 4.14. The molecule has 2 aromatic rings. The minimum Gasteiger partial charge on any atom is -0.237 e. The third kappa shape index (κ3) is 3.05. The molecule has 0 unspecified atom stereocenters. The molecule has 0 spiro atoms. The van der Waals surface area contributed by atoms with Gasteiger partial charge in [0.05, 0.1) is 6.20 Å². The molecular formula is C13H21FN2. The largest absolute Gasteiger partial charge is 0.237 e. The molecule has 0 saturated heterocycles. The van der Waals surface area contributed by atoms with Crippen LogP contribution in [-0.2, 0) is 0 Å². The van der Waals surface area contributed by atoms with E-state index in [1.165, 1.54) is 6.07 Å². The Kier molecular flexibility index (Phi) is 6.38. The molecule has 2 rings (SSSR count). The summed E-state index contributed by atoms with van der Waals surface area (Å²) in [6, 6.07) is 1.52. The molecule has 0 amide bonds. The second-order valence-corrected chi connectivity index (χ2v) is 2.99. The minimum absolute atomic E-state index is 0.204. The van der Waals surface area contributed by atoms with Gasteiger partial charge in [0, 0.05) is 6.20 Å². The highest BCUT2D eigenvalue weighted by Crippen LogP contribution is 2.14. The topological polar surface area (TPSA) is 17.3 Å². The lowest BCUT2D eigenvalue weighted by molar-refractivity contribution is 0.628. The standard InChI is InChI=1S/C9H9FN2.2C2H6/c1-6-3-8(10)9-7(2)4-11-12(9)5-6;2*1-2/h3-5H,1-2H3;2*1-2H3. The Balaban J connectivity index is 0.000000509. The highest BCUT2D eigenvalue weighted by Gasteiger charge is 2.05. The fraction of sp³-hybridized carbons (Fsp3) is 0.462. The highest BCUT2D eigenvalue weighted by molar-refractivity contribution is 5.54. The number of nitrogens with zero attached hydrogens (tertiary/aromatic N) is 2. The monoisotopic (exact) mass is 224 g/mol. The van der Waals surface area contributed by atoms with Crippen LogP contribution >= 0.6 is 0 Å². The van der Waals surface area contributed by atoms with Crippen LogP contribution in [0.25, 0.3) is 5.52 Å². The van der Waals surface area contributed by atoms with Crippen LogP contribution in [0, 0.1) is 19.7 Å². The quantitative estimate of drug-likeness (QED) is 0.657. The second kappa shape index (κ2) is 6.99.